The third-order valence-electron chi connectivity index (χ3n) is 16.2. The molecule has 19 heteroatoms. The summed E-state index contributed by atoms with van der Waals surface area (Å²) < 4.78 is 13.7. The van der Waals surface area contributed by atoms with Crippen molar-refractivity contribution in [1.29, 1.82) is 0 Å². The van der Waals surface area contributed by atoms with Crippen LogP contribution < -0.4 is 0 Å². The first-order chi connectivity index (χ1) is 45.6. The van der Waals surface area contributed by atoms with E-state index >= 15 is 0 Å². The number of rotatable bonds is 25. The number of esters is 1. The topological polar surface area (TPSA) is 187 Å². The second-order valence-electron chi connectivity index (χ2n) is 23.3. The fraction of sp³-hybridized carbons (Fsp3) is 0.195. The summed E-state index contributed by atoms with van der Waals surface area (Å²) >= 11 is 0. The Labute approximate surface area is 578 Å². The zero-order valence-corrected chi connectivity index (χ0v) is 55.8. The van der Waals surface area contributed by atoms with E-state index in [9.17, 15) is 9.90 Å². The van der Waals surface area contributed by atoms with Gasteiger partial charge in [0.05, 0.1) is 76.4 Å². The Hall–Kier alpha value is -9.67. The molecule has 4 aromatic heterocycles. The van der Waals surface area contributed by atoms with Crippen LogP contribution in [0, 0.1) is 0 Å². The number of carbonyl (C=O) groups excluding carboxylic acids is 1. The number of aliphatic hydroxyl groups is 1. The van der Waals surface area contributed by atoms with E-state index in [2.05, 4.69) is 239 Å². The van der Waals surface area contributed by atoms with E-state index in [-0.39, 0.29) is 33.0 Å². The summed E-state index contributed by atoms with van der Waals surface area (Å²) in [6.07, 6.45) is 6.64. The number of aromatic nitrogens is 8. The van der Waals surface area contributed by atoms with E-state index in [1.807, 2.05) is 48.6 Å². The van der Waals surface area contributed by atoms with Crippen LogP contribution in [0.2, 0.25) is 0 Å². The van der Waals surface area contributed by atoms with Crippen LogP contribution in [-0.2, 0) is 109 Å². The Morgan fingerprint density at radius 1 is 0.448 bits per heavy atom. The van der Waals surface area contributed by atoms with Crippen LogP contribution >= 0.6 is 0 Å². The van der Waals surface area contributed by atoms with E-state index in [0.717, 1.165) is 119 Å². The predicted octanol–water partition coefficient (Wildman–Crippen LogP) is 14.2. The van der Waals surface area contributed by atoms with Gasteiger partial charge in [0, 0.05) is 93.0 Å². The molecule has 0 unspecified atom stereocenters. The zero-order valence-electron chi connectivity index (χ0n) is 53.8. The number of carbonyl (C=O) groups is 2. The number of aliphatic hydroxyl groups excluding tert-OH is 1. The zero-order chi connectivity index (χ0) is 65.7. The molecule has 0 saturated carbocycles. The number of ether oxygens (including phenoxy) is 1. The molecule has 2 N–H and O–H groups in total. The SMILES string of the molecule is C=Cc1ccc(Cn2c(CN(Cc3nc4ccccc4n3Cc3ccc(C=C)cc3)CC(O)CN(Cc3nc4ccccc4n3Cc3ccc(C=C)cc3)Cc3nc4ccccc4n3Cc3ccc(C=C)cc3)nc3ccccc32)cc1.CC(=O)O.CC(=O)OC1(C)OO1.[Ni].[Ni]. The summed E-state index contributed by atoms with van der Waals surface area (Å²) in [4.78, 5) is 53.7. The summed E-state index contributed by atoms with van der Waals surface area (Å²) in [5, 5.41) is 20.5. The fourth-order valence-electron chi connectivity index (χ4n) is 11.6. The number of nitrogens with zero attached hydrogens (tertiary/aromatic N) is 10. The number of para-hydroxylation sites is 8. The molecule has 0 atom stereocenters. The maximum Gasteiger partial charge on any atom is 0.380 e. The minimum absolute atomic E-state index is 0. The quantitative estimate of drug-likeness (QED) is 0.0238. The molecule has 496 valence electrons. The molecular formula is C77H76N10Ni2O7. The van der Waals surface area contributed by atoms with Crippen LogP contribution in [0.4, 0.5) is 0 Å². The van der Waals surface area contributed by atoms with Crippen molar-refractivity contribution in [2.75, 3.05) is 13.1 Å². The number of imidazole rings is 4. The van der Waals surface area contributed by atoms with Crippen molar-refractivity contribution >= 4 is 80.4 Å². The number of fused-ring (bicyclic) bond motifs is 4. The summed E-state index contributed by atoms with van der Waals surface area (Å²) in [7, 11) is 0. The Kier molecular flexibility index (Phi) is 24.0. The number of benzene rings is 8. The molecule has 17 nitrogen and oxygen atoms in total. The van der Waals surface area contributed by atoms with Gasteiger partial charge in [0.15, 0.2) is 0 Å². The van der Waals surface area contributed by atoms with Gasteiger partial charge in [-0.15, -0.1) is 0 Å². The van der Waals surface area contributed by atoms with E-state index in [1.165, 1.54) is 13.8 Å². The normalized spacial score (nSPS) is 12.2. The third kappa shape index (κ3) is 18.0. The minimum Gasteiger partial charge on any atom is -0.481 e. The average molecular weight is 1370 g/mol. The molecule has 0 bridgehead atoms. The Bertz CT molecular complexity index is 4110. The van der Waals surface area contributed by atoms with Crippen LogP contribution in [0.3, 0.4) is 0 Å². The van der Waals surface area contributed by atoms with Crippen molar-refractivity contribution < 1.29 is 67.3 Å². The second kappa shape index (κ2) is 32.6. The predicted molar refractivity (Wildman–Crippen MR) is 371 cm³/mol. The van der Waals surface area contributed by atoms with Gasteiger partial charge in [-0.1, -0.05) is 196 Å². The van der Waals surface area contributed by atoms with Crippen molar-refractivity contribution in [3.8, 4) is 0 Å². The molecule has 5 heterocycles. The average Bonchev–Trinajstić information content (AvgIpc) is 1.69. The van der Waals surface area contributed by atoms with Crippen LogP contribution in [0.5, 0.6) is 0 Å². The summed E-state index contributed by atoms with van der Waals surface area (Å²) in [6.45, 7) is 24.7. The van der Waals surface area contributed by atoms with Gasteiger partial charge in [-0.05, 0) is 93.0 Å². The maximum absolute atomic E-state index is 13.1. The second-order valence-corrected chi connectivity index (χ2v) is 23.3. The van der Waals surface area contributed by atoms with Gasteiger partial charge in [-0.25, -0.2) is 19.9 Å². The Balaban J connectivity index is 0.000000704. The first kappa shape index (κ1) is 70.6. The van der Waals surface area contributed by atoms with Crippen LogP contribution in [0.15, 0.2) is 220 Å². The number of hydrogen-bond donors (Lipinski definition) is 2. The monoisotopic (exact) mass is 1370 g/mol. The van der Waals surface area contributed by atoms with Crippen LogP contribution in [0.1, 0.15) is 88.6 Å². The van der Waals surface area contributed by atoms with Crippen molar-refractivity contribution in [3.05, 3.63) is 288 Å². The summed E-state index contributed by atoms with van der Waals surface area (Å²) in [5.41, 5.74) is 16.8. The molecular weight excluding hydrogens is 1290 g/mol. The molecule has 13 rings (SSSR count). The van der Waals surface area contributed by atoms with Crippen molar-refractivity contribution in [2.45, 2.75) is 85.2 Å². The van der Waals surface area contributed by atoms with E-state index in [1.54, 1.807) is 0 Å². The van der Waals surface area contributed by atoms with E-state index in [0.29, 0.717) is 65.4 Å². The van der Waals surface area contributed by atoms with E-state index in [4.69, 9.17) is 29.8 Å². The number of carboxylic acids is 1. The molecule has 1 fully saturated rings. The molecule has 0 radical (unpaired) electrons. The van der Waals surface area contributed by atoms with Gasteiger partial charge in [0.2, 0.25) is 0 Å². The van der Waals surface area contributed by atoms with Crippen molar-refractivity contribution in [2.24, 2.45) is 0 Å². The van der Waals surface area contributed by atoms with Gasteiger partial charge in [0.1, 0.15) is 23.3 Å². The van der Waals surface area contributed by atoms with Crippen molar-refractivity contribution in [3.63, 3.8) is 0 Å². The first-order valence-corrected chi connectivity index (χ1v) is 31.1. The molecule has 1 aliphatic heterocycles. The van der Waals surface area contributed by atoms with Crippen LogP contribution in [0.25, 0.3) is 68.4 Å². The largest absolute Gasteiger partial charge is 0.481 e. The van der Waals surface area contributed by atoms with Gasteiger partial charge >= 0.3 is 11.9 Å². The van der Waals surface area contributed by atoms with Crippen molar-refractivity contribution in [1.82, 2.24) is 48.0 Å². The maximum atomic E-state index is 13.1. The molecule has 8 aromatic carbocycles. The first-order valence-electron chi connectivity index (χ1n) is 31.1. The summed E-state index contributed by atoms with van der Waals surface area (Å²) in [5.74, 6) is 1.25. The smallest absolute Gasteiger partial charge is 0.380 e. The number of carboxylic acid groups (broad SMARTS) is 1. The number of aliphatic carboxylic acids is 1. The van der Waals surface area contributed by atoms with Gasteiger partial charge in [-0.3, -0.25) is 19.4 Å². The number of hydrogen-bond acceptors (Lipinski definition) is 12. The molecule has 96 heavy (non-hydrogen) atoms. The molecule has 1 aliphatic rings. The van der Waals surface area contributed by atoms with Gasteiger partial charge < -0.3 is 33.2 Å². The summed E-state index contributed by atoms with van der Waals surface area (Å²) in [6, 6.07) is 67.5. The van der Waals surface area contributed by atoms with Gasteiger partial charge in [-0.2, -0.15) is 9.78 Å². The standard InChI is InChI=1S/C71H66N10O.C4H6O4.C2H4O2.2Ni/c1-5-51-25-33-55(34-26-51)41-78-64-21-13-9-17-60(64)72-68(78)47-76(48-69-73-61-18-10-14-22-65(61)79(69)42-56-35-27-52(6-2)28-36-56)45-59(82)46-77(49-70-74-62-19-11-15-23-66(62)80(70)43-57-37-29-53(7-3)30-38-57)50-71-75-63-20-12-16-24-67(63)81(71)44-58-39-31-54(8-4)32-40-58;1-3(5)6-4(2)7-8-4;1-2(3)4;;/h5-40,59,82H,1-4,41-50H2;1-2H3;1H3,(H,3,4);;. The van der Waals surface area contributed by atoms with Gasteiger partial charge in [0.25, 0.3) is 5.97 Å². The Morgan fingerprint density at radius 2 is 0.677 bits per heavy atom. The van der Waals surface area contributed by atoms with Crippen LogP contribution in [-0.4, -0.2) is 95.3 Å². The molecule has 0 amide bonds. The molecule has 12 aromatic rings. The third-order valence-corrected chi connectivity index (χ3v) is 16.2. The molecule has 0 spiro atoms. The molecule has 0 aliphatic carbocycles. The Morgan fingerprint density at radius 3 is 0.875 bits per heavy atom. The minimum atomic E-state index is -1.08. The fourth-order valence-corrected chi connectivity index (χ4v) is 11.6. The van der Waals surface area contributed by atoms with E-state index < -0.39 is 24.0 Å². The molecule has 1 saturated heterocycles.